The van der Waals surface area contributed by atoms with Gasteiger partial charge >= 0.3 is 0 Å². The minimum absolute atomic E-state index is 0.0287. The Bertz CT molecular complexity index is 449. The van der Waals surface area contributed by atoms with E-state index in [2.05, 4.69) is 5.32 Å². The lowest BCUT2D eigenvalue weighted by Crippen LogP contribution is -2.21. The quantitative estimate of drug-likeness (QED) is 0.868. The fourth-order valence-corrected chi connectivity index (χ4v) is 1.48. The lowest BCUT2D eigenvalue weighted by Gasteiger charge is -2.15. The fraction of sp³-hybridized carbons (Fsp3) is 0.429. The molecule has 0 aliphatic rings. The van der Waals surface area contributed by atoms with Gasteiger partial charge in [0.05, 0.1) is 17.9 Å². The van der Waals surface area contributed by atoms with Crippen LogP contribution < -0.4 is 10.1 Å². The van der Waals surface area contributed by atoms with E-state index in [-0.39, 0.29) is 12.0 Å². The van der Waals surface area contributed by atoms with Gasteiger partial charge in [0, 0.05) is 0 Å². The van der Waals surface area contributed by atoms with Crippen LogP contribution in [0.2, 0.25) is 0 Å². The highest BCUT2D eigenvalue weighted by molar-refractivity contribution is 5.95. The summed E-state index contributed by atoms with van der Waals surface area (Å²) < 4.78 is 5.60. The fourth-order valence-electron chi connectivity index (χ4n) is 1.48. The molecule has 4 nitrogen and oxygen atoms in total. The van der Waals surface area contributed by atoms with Crippen molar-refractivity contribution in [2.75, 3.05) is 5.32 Å². The molecule has 0 aliphatic heterocycles. The van der Waals surface area contributed by atoms with Gasteiger partial charge in [-0.2, -0.15) is 5.26 Å². The Kier molecular flexibility index (Phi) is 5.19. The molecule has 0 spiro atoms. The summed E-state index contributed by atoms with van der Waals surface area (Å²) in [5.74, 6) is -0.300. The third-order valence-corrected chi connectivity index (χ3v) is 2.39. The molecule has 1 N–H and O–H groups in total. The van der Waals surface area contributed by atoms with Crippen molar-refractivity contribution in [2.45, 2.75) is 33.3 Å². The van der Waals surface area contributed by atoms with Crippen molar-refractivity contribution in [3.63, 3.8) is 0 Å². The average Bonchev–Trinajstić information content (AvgIpc) is 2.32. The van der Waals surface area contributed by atoms with Crippen LogP contribution in [0.25, 0.3) is 0 Å². The molecular weight excluding hydrogens is 228 g/mol. The van der Waals surface area contributed by atoms with Crippen LogP contribution in [-0.2, 0) is 4.79 Å². The lowest BCUT2D eigenvalue weighted by atomic mass is 10.1. The molecule has 0 aromatic heterocycles. The maximum Gasteiger partial charge on any atom is 0.241 e. The first-order valence-corrected chi connectivity index (χ1v) is 6.04. The second kappa shape index (κ2) is 6.65. The standard InChI is InChI=1S/C14H18N2O2/c1-4-11(9-15)14(17)16-12-7-5-6-8-13(12)18-10(2)3/h5-8,10-11H,4H2,1-3H3,(H,16,17). The smallest absolute Gasteiger partial charge is 0.241 e. The number of carbonyl (C=O) groups excluding carboxylic acids is 1. The highest BCUT2D eigenvalue weighted by atomic mass is 16.5. The zero-order chi connectivity index (χ0) is 13.5. The SMILES string of the molecule is CCC(C#N)C(=O)Nc1ccccc1OC(C)C. The number of para-hydroxylation sites is 2. The first kappa shape index (κ1) is 14.0. The number of rotatable bonds is 5. The number of benzene rings is 1. The van der Waals surface area contributed by atoms with E-state index in [1.165, 1.54) is 0 Å². The molecule has 1 amide bonds. The van der Waals surface area contributed by atoms with Crippen molar-refractivity contribution in [3.8, 4) is 11.8 Å². The van der Waals surface area contributed by atoms with Gasteiger partial charge in [-0.3, -0.25) is 4.79 Å². The molecule has 96 valence electrons. The van der Waals surface area contributed by atoms with Crippen molar-refractivity contribution in [2.24, 2.45) is 5.92 Å². The van der Waals surface area contributed by atoms with Crippen LogP contribution in [0.4, 0.5) is 5.69 Å². The molecule has 0 saturated heterocycles. The molecule has 1 unspecified atom stereocenters. The van der Waals surface area contributed by atoms with Crippen molar-refractivity contribution in [3.05, 3.63) is 24.3 Å². The zero-order valence-corrected chi connectivity index (χ0v) is 10.9. The van der Waals surface area contributed by atoms with Gasteiger partial charge in [0.1, 0.15) is 11.7 Å². The van der Waals surface area contributed by atoms with Gasteiger partial charge in [0.2, 0.25) is 5.91 Å². The third-order valence-electron chi connectivity index (χ3n) is 2.39. The molecule has 1 aromatic carbocycles. The molecule has 1 rings (SSSR count). The van der Waals surface area contributed by atoms with Crippen molar-refractivity contribution in [1.29, 1.82) is 5.26 Å². The van der Waals surface area contributed by atoms with E-state index in [0.29, 0.717) is 17.9 Å². The Labute approximate surface area is 108 Å². The van der Waals surface area contributed by atoms with E-state index in [1.807, 2.05) is 39.0 Å². The topological polar surface area (TPSA) is 62.1 Å². The van der Waals surface area contributed by atoms with Crippen LogP contribution in [0.3, 0.4) is 0 Å². The molecule has 1 aromatic rings. The number of nitriles is 1. The summed E-state index contributed by atoms with van der Waals surface area (Å²) >= 11 is 0. The predicted octanol–water partition coefficient (Wildman–Crippen LogP) is 2.96. The van der Waals surface area contributed by atoms with Crippen molar-refractivity contribution >= 4 is 11.6 Å². The molecule has 0 fully saturated rings. The monoisotopic (exact) mass is 246 g/mol. The molecular formula is C14H18N2O2. The first-order valence-electron chi connectivity index (χ1n) is 6.04. The third kappa shape index (κ3) is 3.77. The minimum atomic E-state index is -0.628. The summed E-state index contributed by atoms with van der Waals surface area (Å²) in [4.78, 5) is 11.8. The molecule has 0 heterocycles. The number of carbonyl (C=O) groups is 1. The van der Waals surface area contributed by atoms with Gasteiger partial charge in [-0.25, -0.2) is 0 Å². The molecule has 0 radical (unpaired) electrons. The Balaban J connectivity index is 2.84. The molecule has 18 heavy (non-hydrogen) atoms. The summed E-state index contributed by atoms with van der Waals surface area (Å²) in [5, 5.41) is 11.6. The van der Waals surface area contributed by atoms with E-state index in [9.17, 15) is 4.79 Å². The highest BCUT2D eigenvalue weighted by Gasteiger charge is 2.17. The van der Waals surface area contributed by atoms with E-state index in [0.717, 1.165) is 0 Å². The van der Waals surface area contributed by atoms with E-state index >= 15 is 0 Å². The summed E-state index contributed by atoms with van der Waals surface area (Å²) in [6.07, 6.45) is 0.524. The summed E-state index contributed by atoms with van der Waals surface area (Å²) in [6, 6.07) is 9.20. The Morgan fingerprint density at radius 1 is 1.44 bits per heavy atom. The van der Waals surface area contributed by atoms with E-state index in [4.69, 9.17) is 10.00 Å². The number of nitrogens with zero attached hydrogens (tertiary/aromatic N) is 1. The molecule has 0 saturated carbocycles. The Hall–Kier alpha value is -2.02. The minimum Gasteiger partial charge on any atom is -0.489 e. The Morgan fingerprint density at radius 2 is 2.11 bits per heavy atom. The predicted molar refractivity (Wildman–Crippen MR) is 70.2 cm³/mol. The molecule has 0 bridgehead atoms. The molecule has 4 heteroatoms. The summed E-state index contributed by atoms with van der Waals surface area (Å²) in [5.41, 5.74) is 0.602. The maximum absolute atomic E-state index is 11.8. The van der Waals surface area contributed by atoms with Crippen LogP contribution in [0, 0.1) is 17.2 Å². The maximum atomic E-state index is 11.8. The van der Waals surface area contributed by atoms with Crippen LogP contribution in [-0.4, -0.2) is 12.0 Å². The number of amides is 1. The van der Waals surface area contributed by atoms with Gasteiger partial charge in [-0.05, 0) is 32.4 Å². The number of ether oxygens (including phenoxy) is 1. The van der Waals surface area contributed by atoms with E-state index < -0.39 is 5.92 Å². The lowest BCUT2D eigenvalue weighted by molar-refractivity contribution is -0.118. The highest BCUT2D eigenvalue weighted by Crippen LogP contribution is 2.25. The summed E-state index contributed by atoms with van der Waals surface area (Å²) in [7, 11) is 0. The normalized spacial score (nSPS) is 11.7. The largest absolute Gasteiger partial charge is 0.489 e. The van der Waals surface area contributed by atoms with Crippen molar-refractivity contribution < 1.29 is 9.53 Å². The first-order chi connectivity index (χ1) is 8.58. The van der Waals surface area contributed by atoms with Gasteiger partial charge in [0.25, 0.3) is 0 Å². The van der Waals surface area contributed by atoms with Crippen LogP contribution >= 0.6 is 0 Å². The van der Waals surface area contributed by atoms with Gasteiger partial charge in [-0.1, -0.05) is 19.1 Å². The van der Waals surface area contributed by atoms with Crippen molar-refractivity contribution in [1.82, 2.24) is 0 Å². The number of hydrogen-bond donors (Lipinski definition) is 1. The molecule has 0 aliphatic carbocycles. The Morgan fingerprint density at radius 3 is 2.67 bits per heavy atom. The van der Waals surface area contributed by atoms with Crippen LogP contribution in [0.1, 0.15) is 27.2 Å². The van der Waals surface area contributed by atoms with Gasteiger partial charge in [-0.15, -0.1) is 0 Å². The number of hydrogen-bond acceptors (Lipinski definition) is 3. The van der Waals surface area contributed by atoms with Crippen LogP contribution in [0.15, 0.2) is 24.3 Å². The van der Waals surface area contributed by atoms with E-state index in [1.54, 1.807) is 12.1 Å². The summed E-state index contributed by atoms with van der Waals surface area (Å²) in [6.45, 7) is 5.65. The second-order valence-corrected chi connectivity index (χ2v) is 4.24. The second-order valence-electron chi connectivity index (χ2n) is 4.24. The average molecular weight is 246 g/mol. The van der Waals surface area contributed by atoms with Gasteiger partial charge in [0.15, 0.2) is 0 Å². The number of anilines is 1. The van der Waals surface area contributed by atoms with Crippen LogP contribution in [0.5, 0.6) is 5.75 Å². The zero-order valence-electron chi connectivity index (χ0n) is 10.9. The van der Waals surface area contributed by atoms with Gasteiger partial charge < -0.3 is 10.1 Å². The number of nitrogens with one attached hydrogen (secondary N) is 1. The molecule has 1 atom stereocenters.